The maximum Gasteiger partial charge on any atom is 0.250 e. The van der Waals surface area contributed by atoms with Crippen LogP contribution in [0.2, 0.25) is 0 Å². The van der Waals surface area contributed by atoms with Crippen molar-refractivity contribution >= 4 is 0 Å². The molecular formula is C11H15F2N. The van der Waals surface area contributed by atoms with Gasteiger partial charge in [-0.3, -0.25) is 0 Å². The van der Waals surface area contributed by atoms with Crippen LogP contribution >= 0.6 is 0 Å². The quantitative estimate of drug-likeness (QED) is 0.694. The second-order valence-corrected chi connectivity index (χ2v) is 3.18. The standard InChI is InChI=1S/C11H15F2N/c12-11(13)9-14-8-4-7-10-5-2-1-3-6-10/h1-3,5-6,11,14H,4,7-9H2. The van der Waals surface area contributed by atoms with Gasteiger partial charge in [0.25, 0.3) is 6.43 Å². The van der Waals surface area contributed by atoms with Gasteiger partial charge in [-0.1, -0.05) is 30.3 Å². The van der Waals surface area contributed by atoms with Gasteiger partial charge in [-0.05, 0) is 24.9 Å². The molecule has 1 N–H and O–H groups in total. The summed E-state index contributed by atoms with van der Waals surface area (Å²) < 4.78 is 23.4. The van der Waals surface area contributed by atoms with E-state index in [1.54, 1.807) is 0 Å². The average molecular weight is 199 g/mol. The number of hydrogen-bond donors (Lipinski definition) is 1. The fourth-order valence-corrected chi connectivity index (χ4v) is 1.27. The lowest BCUT2D eigenvalue weighted by Crippen LogP contribution is -2.22. The van der Waals surface area contributed by atoms with E-state index in [1.807, 2.05) is 30.3 Å². The first-order valence-corrected chi connectivity index (χ1v) is 4.82. The van der Waals surface area contributed by atoms with E-state index in [2.05, 4.69) is 5.32 Å². The molecule has 0 radical (unpaired) electrons. The van der Waals surface area contributed by atoms with Crippen LogP contribution in [0.3, 0.4) is 0 Å². The first-order chi connectivity index (χ1) is 6.79. The molecule has 1 rings (SSSR count). The third-order valence-electron chi connectivity index (χ3n) is 1.96. The smallest absolute Gasteiger partial charge is 0.250 e. The van der Waals surface area contributed by atoms with Gasteiger partial charge in [0.1, 0.15) is 0 Å². The molecule has 0 aliphatic heterocycles. The minimum absolute atomic E-state index is 0.200. The van der Waals surface area contributed by atoms with Crippen molar-refractivity contribution in [3.8, 4) is 0 Å². The van der Waals surface area contributed by atoms with Gasteiger partial charge >= 0.3 is 0 Å². The van der Waals surface area contributed by atoms with Crippen molar-refractivity contribution in [2.24, 2.45) is 0 Å². The van der Waals surface area contributed by atoms with Crippen LogP contribution in [0.1, 0.15) is 12.0 Å². The van der Waals surface area contributed by atoms with Crippen molar-refractivity contribution < 1.29 is 8.78 Å². The van der Waals surface area contributed by atoms with Gasteiger partial charge in [0.15, 0.2) is 0 Å². The van der Waals surface area contributed by atoms with E-state index in [-0.39, 0.29) is 6.54 Å². The Hall–Kier alpha value is -0.960. The van der Waals surface area contributed by atoms with E-state index in [4.69, 9.17) is 0 Å². The van der Waals surface area contributed by atoms with Crippen LogP contribution in [0, 0.1) is 0 Å². The summed E-state index contributed by atoms with van der Waals surface area (Å²) in [6, 6.07) is 10.0. The Bertz CT molecular complexity index is 236. The Balaban J connectivity index is 2.05. The Labute approximate surface area is 83.1 Å². The van der Waals surface area contributed by atoms with E-state index in [0.29, 0.717) is 6.54 Å². The number of hydrogen-bond acceptors (Lipinski definition) is 1. The molecular weight excluding hydrogens is 184 g/mol. The van der Waals surface area contributed by atoms with E-state index < -0.39 is 6.43 Å². The van der Waals surface area contributed by atoms with Gasteiger partial charge in [0.2, 0.25) is 0 Å². The molecule has 0 aromatic heterocycles. The van der Waals surface area contributed by atoms with Crippen molar-refractivity contribution in [2.45, 2.75) is 19.3 Å². The first kappa shape index (κ1) is 11.1. The fourth-order valence-electron chi connectivity index (χ4n) is 1.27. The number of alkyl halides is 2. The van der Waals surface area contributed by atoms with Crippen LogP contribution in [-0.2, 0) is 6.42 Å². The molecule has 0 atom stereocenters. The maximum atomic E-state index is 11.7. The molecule has 0 unspecified atom stereocenters. The number of rotatable bonds is 6. The van der Waals surface area contributed by atoms with Crippen LogP contribution in [0.5, 0.6) is 0 Å². The minimum Gasteiger partial charge on any atom is -0.311 e. The van der Waals surface area contributed by atoms with Gasteiger partial charge in [0.05, 0.1) is 6.54 Å². The normalized spacial score (nSPS) is 10.8. The van der Waals surface area contributed by atoms with Crippen molar-refractivity contribution in [3.05, 3.63) is 35.9 Å². The van der Waals surface area contributed by atoms with Gasteiger partial charge < -0.3 is 5.32 Å². The van der Waals surface area contributed by atoms with Crippen LogP contribution < -0.4 is 5.32 Å². The summed E-state index contributed by atoms with van der Waals surface area (Å²) in [6.45, 7) is 0.452. The van der Waals surface area contributed by atoms with E-state index in [0.717, 1.165) is 12.8 Å². The van der Waals surface area contributed by atoms with Gasteiger partial charge in [-0.25, -0.2) is 8.78 Å². The lowest BCUT2D eigenvalue weighted by Gasteiger charge is -2.03. The van der Waals surface area contributed by atoms with E-state index >= 15 is 0 Å². The van der Waals surface area contributed by atoms with Crippen LogP contribution in [0.25, 0.3) is 0 Å². The van der Waals surface area contributed by atoms with Gasteiger partial charge in [-0.2, -0.15) is 0 Å². The number of benzene rings is 1. The zero-order valence-corrected chi connectivity index (χ0v) is 8.05. The molecule has 1 nitrogen and oxygen atoms in total. The summed E-state index contributed by atoms with van der Waals surface area (Å²) in [5, 5.41) is 2.71. The zero-order chi connectivity index (χ0) is 10.2. The molecule has 0 fully saturated rings. The second kappa shape index (κ2) is 6.49. The Morgan fingerprint density at radius 3 is 2.50 bits per heavy atom. The molecule has 0 saturated heterocycles. The van der Waals surface area contributed by atoms with Crippen LogP contribution in [-0.4, -0.2) is 19.5 Å². The Morgan fingerprint density at radius 2 is 1.86 bits per heavy atom. The molecule has 78 valence electrons. The second-order valence-electron chi connectivity index (χ2n) is 3.18. The Morgan fingerprint density at radius 1 is 1.14 bits per heavy atom. The minimum atomic E-state index is -2.24. The highest BCUT2D eigenvalue weighted by molar-refractivity contribution is 5.14. The molecule has 1 aromatic rings. The van der Waals surface area contributed by atoms with E-state index in [1.165, 1.54) is 5.56 Å². The summed E-state index contributed by atoms with van der Waals surface area (Å²) >= 11 is 0. The molecule has 0 aliphatic carbocycles. The zero-order valence-electron chi connectivity index (χ0n) is 8.05. The SMILES string of the molecule is FC(F)CNCCCc1ccccc1. The molecule has 0 bridgehead atoms. The summed E-state index contributed by atoms with van der Waals surface area (Å²) in [5.41, 5.74) is 1.26. The molecule has 0 heterocycles. The molecule has 0 spiro atoms. The molecule has 3 heteroatoms. The highest BCUT2D eigenvalue weighted by atomic mass is 19.3. The lowest BCUT2D eigenvalue weighted by atomic mass is 10.1. The monoisotopic (exact) mass is 199 g/mol. The van der Waals surface area contributed by atoms with E-state index in [9.17, 15) is 8.78 Å². The van der Waals surface area contributed by atoms with Gasteiger partial charge in [-0.15, -0.1) is 0 Å². The fraction of sp³-hybridized carbons (Fsp3) is 0.455. The number of halogens is 2. The highest BCUT2D eigenvalue weighted by Crippen LogP contribution is 2.01. The van der Waals surface area contributed by atoms with Crippen LogP contribution in [0.4, 0.5) is 8.78 Å². The largest absolute Gasteiger partial charge is 0.311 e. The number of nitrogens with one attached hydrogen (secondary N) is 1. The predicted octanol–water partition coefficient (Wildman–Crippen LogP) is 2.47. The van der Waals surface area contributed by atoms with Crippen molar-refractivity contribution in [3.63, 3.8) is 0 Å². The summed E-state index contributed by atoms with van der Waals surface area (Å²) in [6.07, 6.45) is -0.403. The molecule has 0 aliphatic rings. The third-order valence-corrected chi connectivity index (χ3v) is 1.96. The topological polar surface area (TPSA) is 12.0 Å². The van der Waals surface area contributed by atoms with Crippen molar-refractivity contribution in [2.75, 3.05) is 13.1 Å². The predicted molar refractivity (Wildman–Crippen MR) is 53.6 cm³/mol. The molecule has 0 amide bonds. The molecule has 0 saturated carbocycles. The average Bonchev–Trinajstić information content (AvgIpc) is 2.18. The third kappa shape index (κ3) is 4.92. The summed E-state index contributed by atoms with van der Waals surface area (Å²) in [7, 11) is 0. The van der Waals surface area contributed by atoms with Crippen molar-refractivity contribution in [1.29, 1.82) is 0 Å². The van der Waals surface area contributed by atoms with Gasteiger partial charge in [0, 0.05) is 0 Å². The number of aryl methyl sites for hydroxylation is 1. The first-order valence-electron chi connectivity index (χ1n) is 4.82. The lowest BCUT2D eigenvalue weighted by molar-refractivity contribution is 0.146. The molecule has 1 aromatic carbocycles. The highest BCUT2D eigenvalue weighted by Gasteiger charge is 1.99. The maximum absolute atomic E-state index is 11.7. The Kier molecular flexibility index (Phi) is 5.15. The summed E-state index contributed by atoms with van der Waals surface area (Å²) in [4.78, 5) is 0. The summed E-state index contributed by atoms with van der Waals surface area (Å²) in [5.74, 6) is 0. The van der Waals surface area contributed by atoms with Crippen LogP contribution in [0.15, 0.2) is 30.3 Å². The molecule has 14 heavy (non-hydrogen) atoms. The van der Waals surface area contributed by atoms with Crippen molar-refractivity contribution in [1.82, 2.24) is 5.32 Å².